The topological polar surface area (TPSA) is 195 Å². The zero-order valence-corrected chi connectivity index (χ0v) is 45.5. The van der Waals surface area contributed by atoms with Crippen molar-refractivity contribution in [2.45, 2.75) is 121 Å². The van der Waals surface area contributed by atoms with Crippen molar-refractivity contribution >= 4 is 11.9 Å². The molecular formula is C64H66N6O12. The molecule has 1 amide bonds. The Balaban J connectivity index is 0.874. The molecule has 2 aromatic heterocycles. The van der Waals surface area contributed by atoms with Gasteiger partial charge in [0.15, 0.2) is 6.23 Å². The number of carbonyl (C=O) groups excluding carboxylic acids is 2. The van der Waals surface area contributed by atoms with E-state index in [4.69, 9.17) is 37.9 Å². The normalized spacial score (nSPS) is 21.5. The number of rotatable bonds is 26. The van der Waals surface area contributed by atoms with Crippen LogP contribution in [0.1, 0.15) is 58.6 Å². The Kier molecular flexibility index (Phi) is 19.8. The lowest BCUT2D eigenvalue weighted by molar-refractivity contribution is -0.234. The highest BCUT2D eigenvalue weighted by molar-refractivity contribution is 5.74. The van der Waals surface area contributed by atoms with Crippen LogP contribution in [0.4, 0.5) is 0 Å². The van der Waals surface area contributed by atoms with Crippen LogP contribution in [0.3, 0.4) is 0 Å². The first-order valence-electron chi connectivity index (χ1n) is 27.4. The zero-order valence-electron chi connectivity index (χ0n) is 45.5. The Hall–Kier alpha value is -8.20. The van der Waals surface area contributed by atoms with Crippen LogP contribution in [-0.4, -0.2) is 91.4 Å². The number of ether oxygens (including phenoxy) is 8. The van der Waals surface area contributed by atoms with Gasteiger partial charge in [-0.1, -0.05) is 187 Å². The van der Waals surface area contributed by atoms with Gasteiger partial charge in [0.25, 0.3) is 5.56 Å². The van der Waals surface area contributed by atoms with Crippen molar-refractivity contribution in [3.8, 4) is 0 Å². The van der Waals surface area contributed by atoms with Gasteiger partial charge in [-0.15, -0.1) is 5.10 Å². The molecule has 18 nitrogen and oxygen atoms in total. The molecule has 9 atom stereocenters. The van der Waals surface area contributed by atoms with Crippen molar-refractivity contribution < 1.29 is 47.5 Å². The summed E-state index contributed by atoms with van der Waals surface area (Å²) in [5.74, 6) is -0.978. The minimum absolute atomic E-state index is 0.0494. The molecule has 2 aliphatic heterocycles. The van der Waals surface area contributed by atoms with Crippen LogP contribution in [-0.2, 0) is 100 Å². The summed E-state index contributed by atoms with van der Waals surface area (Å²) in [4.78, 5) is 54.8. The second-order valence-corrected chi connectivity index (χ2v) is 20.3. The van der Waals surface area contributed by atoms with Crippen LogP contribution in [0.5, 0.6) is 0 Å². The lowest BCUT2D eigenvalue weighted by Gasteiger charge is -2.46. The lowest BCUT2D eigenvalue weighted by Crippen LogP contribution is -2.65. The molecule has 2 fully saturated rings. The number of amides is 1. The first-order valence-corrected chi connectivity index (χ1v) is 27.4. The van der Waals surface area contributed by atoms with Crippen LogP contribution in [0.2, 0.25) is 0 Å². The quantitative estimate of drug-likeness (QED) is 0.0524. The minimum Gasteiger partial charge on any atom is -0.459 e. The summed E-state index contributed by atoms with van der Waals surface area (Å²) < 4.78 is 56.7. The van der Waals surface area contributed by atoms with E-state index in [1.54, 1.807) is 10.9 Å². The molecule has 5 unspecified atom stereocenters. The number of nitrogens with one attached hydrogen (secondary N) is 1. The van der Waals surface area contributed by atoms with Gasteiger partial charge in [0, 0.05) is 19.2 Å². The number of carbonyl (C=O) groups is 2. The summed E-state index contributed by atoms with van der Waals surface area (Å²) in [6.45, 7) is 2.45. The van der Waals surface area contributed by atoms with Crippen LogP contribution < -0.4 is 16.6 Å². The number of nitrogens with zero attached hydrogens (tertiary/aromatic N) is 5. The lowest BCUT2D eigenvalue weighted by atomic mass is 9.90. The van der Waals surface area contributed by atoms with E-state index in [9.17, 15) is 19.2 Å². The maximum absolute atomic E-state index is 14.4. The van der Waals surface area contributed by atoms with E-state index in [1.165, 1.54) is 28.3 Å². The van der Waals surface area contributed by atoms with Crippen LogP contribution in [0.15, 0.2) is 210 Å². The zero-order chi connectivity index (χ0) is 56.5. The van der Waals surface area contributed by atoms with Gasteiger partial charge in [-0.05, 0) is 33.4 Å². The SMILES string of the molecule is CC(=O)NC1C(OCc2ccccc2)[C@H](OCc2ccccc2)C(COCc2ccccc2)O[C@@H]1CC(=O)OCc1cn(C[C@H]2O[C@@H](n3ccc(=O)n(Cc4ccccc4)c3=O)C(OCc3ccccc3)C2OCc2ccccc2)nn1. The van der Waals surface area contributed by atoms with E-state index in [0.29, 0.717) is 12.3 Å². The van der Waals surface area contributed by atoms with Crippen LogP contribution >= 0.6 is 0 Å². The molecule has 0 aliphatic carbocycles. The molecule has 0 saturated carbocycles. The molecule has 1 N–H and O–H groups in total. The second-order valence-electron chi connectivity index (χ2n) is 20.3. The smallest absolute Gasteiger partial charge is 0.333 e. The van der Waals surface area contributed by atoms with Crippen molar-refractivity contribution in [2.24, 2.45) is 0 Å². The summed E-state index contributed by atoms with van der Waals surface area (Å²) in [6.07, 6.45) is -3.86. The van der Waals surface area contributed by atoms with E-state index in [0.717, 1.165) is 33.4 Å². The number of aromatic nitrogens is 5. The highest BCUT2D eigenvalue weighted by Gasteiger charge is 2.50. The predicted molar refractivity (Wildman–Crippen MR) is 301 cm³/mol. The van der Waals surface area contributed by atoms with Gasteiger partial charge in [0.2, 0.25) is 5.91 Å². The molecule has 0 bridgehead atoms. The van der Waals surface area contributed by atoms with Crippen molar-refractivity contribution in [3.63, 3.8) is 0 Å². The van der Waals surface area contributed by atoms with Crippen molar-refractivity contribution in [2.75, 3.05) is 6.61 Å². The molecule has 2 aliphatic rings. The van der Waals surface area contributed by atoms with Gasteiger partial charge in [0.05, 0.1) is 77.5 Å². The fraction of sp³-hybridized carbons (Fsp3) is 0.312. The Labute approximate surface area is 475 Å². The maximum atomic E-state index is 14.4. The van der Waals surface area contributed by atoms with Gasteiger partial charge in [-0.25, -0.2) is 9.48 Å². The van der Waals surface area contributed by atoms with Gasteiger partial charge in [-0.2, -0.15) is 0 Å². The second kappa shape index (κ2) is 28.5. The molecule has 82 heavy (non-hydrogen) atoms. The molecule has 424 valence electrons. The highest BCUT2D eigenvalue weighted by atomic mass is 16.6. The molecule has 2 saturated heterocycles. The van der Waals surface area contributed by atoms with Gasteiger partial charge >= 0.3 is 11.7 Å². The van der Waals surface area contributed by atoms with E-state index in [2.05, 4.69) is 15.6 Å². The first kappa shape index (κ1) is 57.1. The number of benzene rings is 6. The van der Waals surface area contributed by atoms with Crippen molar-refractivity contribution in [1.82, 2.24) is 29.4 Å². The summed E-state index contributed by atoms with van der Waals surface area (Å²) in [7, 11) is 0. The summed E-state index contributed by atoms with van der Waals surface area (Å²) >= 11 is 0. The van der Waals surface area contributed by atoms with Crippen molar-refractivity contribution in [3.05, 3.63) is 260 Å². The Morgan fingerprint density at radius 3 is 1.54 bits per heavy atom. The third kappa shape index (κ3) is 15.4. The molecule has 0 spiro atoms. The molecule has 6 aromatic carbocycles. The molecule has 18 heteroatoms. The highest BCUT2D eigenvalue weighted by Crippen LogP contribution is 2.36. The fourth-order valence-electron chi connectivity index (χ4n) is 10.2. The van der Waals surface area contributed by atoms with Gasteiger partial charge < -0.3 is 43.2 Å². The van der Waals surface area contributed by atoms with Crippen LogP contribution in [0, 0.1) is 0 Å². The van der Waals surface area contributed by atoms with E-state index in [-0.39, 0.29) is 65.1 Å². The predicted octanol–water partition coefficient (Wildman–Crippen LogP) is 7.51. The van der Waals surface area contributed by atoms with E-state index >= 15 is 0 Å². The largest absolute Gasteiger partial charge is 0.459 e. The Morgan fingerprint density at radius 1 is 0.537 bits per heavy atom. The number of hydrogen-bond acceptors (Lipinski definition) is 14. The van der Waals surface area contributed by atoms with Crippen molar-refractivity contribution in [1.29, 1.82) is 0 Å². The molecule has 10 rings (SSSR count). The summed E-state index contributed by atoms with van der Waals surface area (Å²) in [6, 6.07) is 58.2. The Bertz CT molecular complexity index is 3370. The summed E-state index contributed by atoms with van der Waals surface area (Å²) in [5, 5.41) is 11.8. The number of hydrogen-bond donors (Lipinski definition) is 1. The fourth-order valence-corrected chi connectivity index (χ4v) is 10.2. The average molecular weight is 1110 g/mol. The third-order valence-electron chi connectivity index (χ3n) is 14.2. The minimum atomic E-state index is -1.04. The molecule has 0 radical (unpaired) electrons. The number of esters is 1. The standard InChI is InChI=1S/C64H66N6O12/c1-45(71)65-58-53(81-55(44-75-38-47-22-10-3-11-23-47)60(78-40-49-26-14-5-15-27-49)61(58)79-41-50-28-16-6-17-29-50)34-57(73)76-43-52-36-68(67-66-52)37-54-59(77-39-48-24-12-4-13-25-48)62(80-42-51-30-18-7-19-31-51)63(82-54)69-33-32-56(72)70(64(69)74)35-46-20-8-2-9-21-46/h2-33,36,53-55,58-63H,34-35,37-44H2,1H3,(H,65,71)/t53-,54-,55?,58?,59?,60-,61?,62?,63-/m1/s1. The average Bonchev–Trinajstić information content (AvgIpc) is 4.19. The van der Waals surface area contributed by atoms with E-state index in [1.807, 2.05) is 182 Å². The third-order valence-corrected chi connectivity index (χ3v) is 14.2. The van der Waals surface area contributed by atoms with Crippen LogP contribution in [0.25, 0.3) is 0 Å². The first-order chi connectivity index (χ1) is 40.2. The monoisotopic (exact) mass is 1110 g/mol. The summed E-state index contributed by atoms with van der Waals surface area (Å²) in [5.41, 5.74) is 4.67. The Morgan fingerprint density at radius 2 is 1.01 bits per heavy atom. The maximum Gasteiger partial charge on any atom is 0.333 e. The molecule has 4 heterocycles. The molecule has 8 aromatic rings. The van der Waals surface area contributed by atoms with E-state index < -0.39 is 72.2 Å². The van der Waals surface area contributed by atoms with Gasteiger partial charge in [-0.3, -0.25) is 23.5 Å². The van der Waals surface area contributed by atoms with Gasteiger partial charge in [0.1, 0.15) is 48.9 Å². The molecular weight excluding hydrogens is 1040 g/mol.